The number of aromatic nitrogens is 3. The Kier molecular flexibility index (Phi) is 4.31. The van der Waals surface area contributed by atoms with Crippen LogP contribution in [0.1, 0.15) is 31.8 Å². The van der Waals surface area contributed by atoms with Gasteiger partial charge in [0.05, 0.1) is 6.04 Å². The van der Waals surface area contributed by atoms with Crippen LogP contribution in [0.3, 0.4) is 0 Å². The van der Waals surface area contributed by atoms with Gasteiger partial charge in [-0.15, -0.1) is 34.0 Å². The molecule has 134 valence electrons. The third-order valence-corrected chi connectivity index (χ3v) is 7.28. The van der Waals surface area contributed by atoms with Gasteiger partial charge in [0, 0.05) is 34.1 Å². The van der Waals surface area contributed by atoms with Crippen LogP contribution in [-0.2, 0) is 6.42 Å². The van der Waals surface area contributed by atoms with Gasteiger partial charge in [-0.1, -0.05) is 6.07 Å². The minimum Gasteiger partial charge on any atom is -0.325 e. The molecule has 1 unspecified atom stereocenters. The van der Waals surface area contributed by atoms with Crippen molar-refractivity contribution in [2.75, 3.05) is 6.54 Å². The zero-order chi connectivity index (χ0) is 18.2. The Hall–Kier alpha value is -2.42. The van der Waals surface area contributed by atoms with Gasteiger partial charge in [-0.25, -0.2) is 15.0 Å². The number of carbonyl (C=O) groups is 1. The summed E-state index contributed by atoms with van der Waals surface area (Å²) < 4.78 is 0. The minimum atomic E-state index is -0.0383. The molecule has 5 heterocycles. The van der Waals surface area contributed by atoms with Gasteiger partial charge in [-0.3, -0.25) is 4.79 Å². The highest BCUT2D eigenvalue weighted by molar-refractivity contribution is 7.13. The largest absolute Gasteiger partial charge is 0.325 e. The van der Waals surface area contributed by atoms with Crippen LogP contribution in [0.4, 0.5) is 0 Å². The fraction of sp³-hybridized carbons (Fsp3) is 0.158. The number of amides is 1. The summed E-state index contributed by atoms with van der Waals surface area (Å²) in [7, 11) is 0. The van der Waals surface area contributed by atoms with Crippen molar-refractivity contribution < 1.29 is 4.79 Å². The van der Waals surface area contributed by atoms with Crippen molar-refractivity contribution in [2.24, 2.45) is 0 Å². The SMILES string of the molecule is O=C(c1csc(-c2ncccn2)n1)N1CCc2sccc2C1c1cccs1. The van der Waals surface area contributed by atoms with Crippen molar-refractivity contribution >= 4 is 39.9 Å². The summed E-state index contributed by atoms with van der Waals surface area (Å²) >= 11 is 4.86. The Bertz CT molecular complexity index is 1070. The van der Waals surface area contributed by atoms with E-state index in [4.69, 9.17) is 0 Å². The molecule has 4 aromatic rings. The van der Waals surface area contributed by atoms with Gasteiger partial charge in [0.15, 0.2) is 10.8 Å². The Labute approximate surface area is 168 Å². The number of thiophene rings is 2. The first-order chi connectivity index (χ1) is 13.3. The third kappa shape index (κ3) is 2.99. The van der Waals surface area contributed by atoms with Gasteiger partial charge >= 0.3 is 0 Å². The van der Waals surface area contributed by atoms with Crippen LogP contribution in [0, 0.1) is 0 Å². The van der Waals surface area contributed by atoms with Crippen molar-refractivity contribution in [3.63, 3.8) is 0 Å². The monoisotopic (exact) mass is 410 g/mol. The molecule has 0 aromatic carbocycles. The number of thiazole rings is 1. The Balaban J connectivity index is 1.50. The van der Waals surface area contributed by atoms with E-state index in [0.29, 0.717) is 23.1 Å². The van der Waals surface area contributed by atoms with Gasteiger partial charge in [0.2, 0.25) is 0 Å². The molecule has 4 aromatic heterocycles. The van der Waals surface area contributed by atoms with E-state index in [2.05, 4.69) is 37.8 Å². The summed E-state index contributed by atoms with van der Waals surface area (Å²) in [6.07, 6.45) is 4.25. The highest BCUT2D eigenvalue weighted by Gasteiger charge is 2.34. The molecule has 1 atom stereocenters. The molecule has 0 radical (unpaired) electrons. The van der Waals surface area contributed by atoms with E-state index in [0.717, 1.165) is 6.42 Å². The molecule has 8 heteroatoms. The number of hydrogen-bond acceptors (Lipinski definition) is 7. The lowest BCUT2D eigenvalue weighted by Crippen LogP contribution is -2.39. The molecule has 5 rings (SSSR count). The van der Waals surface area contributed by atoms with Crippen LogP contribution < -0.4 is 0 Å². The van der Waals surface area contributed by atoms with Crippen molar-refractivity contribution in [1.82, 2.24) is 19.9 Å². The van der Waals surface area contributed by atoms with Crippen LogP contribution in [0.15, 0.2) is 52.8 Å². The first-order valence-corrected chi connectivity index (χ1v) is 11.1. The molecular formula is C19H14N4OS3. The molecular weight excluding hydrogens is 396 g/mol. The van der Waals surface area contributed by atoms with E-state index in [9.17, 15) is 4.79 Å². The average Bonchev–Trinajstić information content (AvgIpc) is 3.48. The maximum atomic E-state index is 13.3. The molecule has 1 aliphatic heterocycles. The third-order valence-electron chi connectivity index (χ3n) is 4.52. The molecule has 0 saturated heterocycles. The first-order valence-electron chi connectivity index (χ1n) is 8.45. The van der Waals surface area contributed by atoms with Crippen molar-refractivity contribution in [3.8, 4) is 10.8 Å². The maximum absolute atomic E-state index is 13.3. The van der Waals surface area contributed by atoms with Gasteiger partial charge in [0.25, 0.3) is 5.91 Å². The number of hydrogen-bond donors (Lipinski definition) is 0. The lowest BCUT2D eigenvalue weighted by atomic mass is 9.98. The van der Waals surface area contributed by atoms with E-state index >= 15 is 0 Å². The van der Waals surface area contributed by atoms with E-state index in [1.165, 1.54) is 26.7 Å². The molecule has 0 saturated carbocycles. The Morgan fingerprint density at radius 3 is 2.78 bits per heavy atom. The maximum Gasteiger partial charge on any atom is 0.274 e. The standard InChI is InChI=1S/C19H14N4OS3/c24-19(13-11-27-18(22-13)17-20-6-2-7-21-17)23-8-4-14-12(5-10-26-14)16(23)15-3-1-9-25-15/h1-3,5-7,9-11,16H,4,8H2. The quantitative estimate of drug-likeness (QED) is 0.499. The zero-order valence-electron chi connectivity index (χ0n) is 14.1. The van der Waals surface area contributed by atoms with Crippen molar-refractivity contribution in [3.05, 3.63) is 73.8 Å². The van der Waals surface area contributed by atoms with Crippen molar-refractivity contribution in [2.45, 2.75) is 12.5 Å². The number of nitrogens with zero attached hydrogens (tertiary/aromatic N) is 4. The number of fused-ring (bicyclic) bond motifs is 1. The van der Waals surface area contributed by atoms with E-state index in [1.54, 1.807) is 41.1 Å². The lowest BCUT2D eigenvalue weighted by molar-refractivity contribution is 0.0693. The summed E-state index contributed by atoms with van der Waals surface area (Å²) in [5.41, 5.74) is 1.70. The molecule has 5 nitrogen and oxygen atoms in total. The lowest BCUT2D eigenvalue weighted by Gasteiger charge is -2.35. The fourth-order valence-electron chi connectivity index (χ4n) is 3.32. The zero-order valence-corrected chi connectivity index (χ0v) is 16.6. The second-order valence-electron chi connectivity index (χ2n) is 6.08. The molecule has 1 aliphatic rings. The van der Waals surface area contributed by atoms with Crippen LogP contribution in [0.2, 0.25) is 0 Å². The smallest absolute Gasteiger partial charge is 0.274 e. The highest BCUT2D eigenvalue weighted by atomic mass is 32.1. The summed E-state index contributed by atoms with van der Waals surface area (Å²) in [5.74, 6) is 0.513. The summed E-state index contributed by atoms with van der Waals surface area (Å²) in [6, 6.07) is 8.02. The molecule has 0 aliphatic carbocycles. The molecule has 0 spiro atoms. The fourth-order valence-corrected chi connectivity index (χ4v) is 5.82. The Morgan fingerprint density at radius 1 is 1.07 bits per heavy atom. The first kappa shape index (κ1) is 16.7. The van der Waals surface area contributed by atoms with Crippen LogP contribution in [-0.4, -0.2) is 32.3 Å². The normalized spacial score (nSPS) is 16.3. The van der Waals surface area contributed by atoms with Crippen molar-refractivity contribution in [1.29, 1.82) is 0 Å². The topological polar surface area (TPSA) is 59.0 Å². The molecule has 0 N–H and O–H groups in total. The molecule has 1 amide bonds. The van der Waals surface area contributed by atoms with Crippen LogP contribution >= 0.6 is 34.0 Å². The van der Waals surface area contributed by atoms with Crippen LogP contribution in [0.5, 0.6) is 0 Å². The minimum absolute atomic E-state index is 0.0365. The number of rotatable bonds is 3. The second-order valence-corrected chi connectivity index (χ2v) is 8.91. The molecule has 0 bridgehead atoms. The van der Waals surface area contributed by atoms with Gasteiger partial charge in [0.1, 0.15) is 5.69 Å². The van der Waals surface area contributed by atoms with Gasteiger partial charge < -0.3 is 4.90 Å². The molecule has 0 fully saturated rings. The summed E-state index contributed by atoms with van der Waals surface area (Å²) in [5, 5.41) is 6.65. The van der Waals surface area contributed by atoms with E-state index in [-0.39, 0.29) is 11.9 Å². The molecule has 27 heavy (non-hydrogen) atoms. The van der Waals surface area contributed by atoms with E-state index in [1.807, 2.05) is 16.3 Å². The highest BCUT2D eigenvalue weighted by Crippen LogP contribution is 2.40. The average molecular weight is 411 g/mol. The number of carbonyl (C=O) groups excluding carboxylic acids is 1. The van der Waals surface area contributed by atoms with Gasteiger partial charge in [-0.05, 0) is 40.9 Å². The summed E-state index contributed by atoms with van der Waals surface area (Å²) in [6.45, 7) is 0.698. The Morgan fingerprint density at radius 2 is 1.96 bits per heavy atom. The van der Waals surface area contributed by atoms with Crippen LogP contribution in [0.25, 0.3) is 10.8 Å². The second kappa shape index (κ2) is 6.95. The predicted octanol–water partition coefficient (Wildman–Crippen LogP) is 4.51. The van der Waals surface area contributed by atoms with E-state index < -0.39 is 0 Å². The predicted molar refractivity (Wildman–Crippen MR) is 108 cm³/mol. The van der Waals surface area contributed by atoms with Gasteiger partial charge in [-0.2, -0.15) is 0 Å². The summed E-state index contributed by atoms with van der Waals surface area (Å²) in [4.78, 5) is 30.8.